The number of hydrogen-bond acceptors (Lipinski definition) is 4. The highest BCUT2D eigenvalue weighted by molar-refractivity contribution is 6.31. The lowest BCUT2D eigenvalue weighted by molar-refractivity contribution is 0.0696. The molecule has 0 fully saturated rings. The van der Waals surface area contributed by atoms with Crippen molar-refractivity contribution in [1.82, 2.24) is 0 Å². The summed E-state index contributed by atoms with van der Waals surface area (Å²) in [5.74, 6) is -0.827. The molecule has 31 heavy (non-hydrogen) atoms. The molecule has 0 saturated carbocycles. The Morgan fingerprint density at radius 3 is 2.35 bits per heavy atom. The van der Waals surface area contributed by atoms with Crippen molar-refractivity contribution in [3.8, 4) is 5.75 Å². The van der Waals surface area contributed by atoms with Gasteiger partial charge in [0, 0.05) is 10.7 Å². The van der Waals surface area contributed by atoms with Crippen LogP contribution in [-0.2, 0) is 6.42 Å². The van der Waals surface area contributed by atoms with Crippen LogP contribution in [0.1, 0.15) is 46.0 Å². The number of aromatic carboxylic acids is 1. The Kier molecular flexibility index (Phi) is 7.51. The van der Waals surface area contributed by atoms with Crippen LogP contribution in [0, 0.1) is 0 Å². The van der Waals surface area contributed by atoms with E-state index in [0.29, 0.717) is 22.1 Å². The average molecular weight is 439 g/mol. The fourth-order valence-electron chi connectivity index (χ4n) is 2.91. The number of nitrogens with one attached hydrogen (secondary N) is 2. The number of carbonyl (C=O) groups excluding carboxylic acids is 1. The first-order valence-electron chi connectivity index (χ1n) is 9.92. The molecule has 6 nitrogen and oxygen atoms in total. The molecule has 0 bridgehead atoms. The molecule has 0 unspecified atom stereocenters. The van der Waals surface area contributed by atoms with Crippen molar-refractivity contribution in [3.05, 3.63) is 88.4 Å². The van der Waals surface area contributed by atoms with E-state index < -0.39 is 11.9 Å². The molecule has 0 spiro atoms. The molecular weight excluding hydrogens is 416 g/mol. The molecule has 0 aliphatic carbocycles. The third-order valence-electron chi connectivity index (χ3n) is 4.64. The zero-order valence-electron chi connectivity index (χ0n) is 17.0. The minimum Gasteiger partial charge on any atom is -0.478 e. The first-order valence-corrected chi connectivity index (χ1v) is 10.3. The van der Waals surface area contributed by atoms with Crippen molar-refractivity contribution in [2.75, 3.05) is 10.8 Å². The largest absolute Gasteiger partial charge is 0.478 e. The standard InChI is InChI=1S/C24H23ClN2O4/c1-2-3-4-16-5-12-20(13-6-16)31-27-22-14-9-18(25)15-21(22)23(28)26-19-10-7-17(8-11-19)24(29)30/h5-15,27H,2-4H2,1H3,(H,26,28)(H,29,30). The van der Waals surface area contributed by atoms with Crippen molar-refractivity contribution < 1.29 is 19.5 Å². The Morgan fingerprint density at radius 2 is 1.71 bits per heavy atom. The summed E-state index contributed by atoms with van der Waals surface area (Å²) < 4.78 is 0. The SMILES string of the molecule is CCCCc1ccc(ONc2ccc(Cl)cc2C(=O)Nc2ccc(C(=O)O)cc2)cc1. The second-order valence-corrected chi connectivity index (χ2v) is 7.41. The van der Waals surface area contributed by atoms with Gasteiger partial charge in [0.1, 0.15) is 0 Å². The quantitative estimate of drug-likeness (QED) is 0.354. The molecule has 1 amide bonds. The number of aryl methyl sites for hydroxylation is 1. The van der Waals surface area contributed by atoms with Crippen LogP contribution in [0.4, 0.5) is 11.4 Å². The van der Waals surface area contributed by atoms with Gasteiger partial charge >= 0.3 is 5.97 Å². The number of anilines is 2. The molecule has 0 aliphatic heterocycles. The van der Waals surface area contributed by atoms with Crippen molar-refractivity contribution in [1.29, 1.82) is 0 Å². The topological polar surface area (TPSA) is 87.7 Å². The van der Waals surface area contributed by atoms with Gasteiger partial charge in [0.25, 0.3) is 5.91 Å². The van der Waals surface area contributed by atoms with Gasteiger partial charge in [0.2, 0.25) is 0 Å². The number of unbranched alkanes of at least 4 members (excludes halogenated alkanes) is 1. The molecule has 0 aromatic heterocycles. The van der Waals surface area contributed by atoms with Gasteiger partial charge in [-0.05, 0) is 73.0 Å². The van der Waals surface area contributed by atoms with Gasteiger partial charge in [-0.25, -0.2) is 10.3 Å². The Bertz CT molecular complexity index is 1050. The zero-order chi connectivity index (χ0) is 22.2. The molecule has 3 N–H and O–H groups in total. The number of hydrogen-bond donors (Lipinski definition) is 3. The Balaban J connectivity index is 1.69. The van der Waals surface area contributed by atoms with E-state index in [1.165, 1.54) is 35.9 Å². The molecule has 160 valence electrons. The molecule has 3 aromatic rings. The lowest BCUT2D eigenvalue weighted by Crippen LogP contribution is -2.16. The summed E-state index contributed by atoms with van der Waals surface area (Å²) >= 11 is 6.08. The van der Waals surface area contributed by atoms with E-state index in [1.807, 2.05) is 24.3 Å². The predicted octanol–water partition coefficient (Wildman–Crippen LogP) is 6.04. The van der Waals surface area contributed by atoms with E-state index in [-0.39, 0.29) is 11.1 Å². The van der Waals surface area contributed by atoms with Crippen molar-refractivity contribution in [2.45, 2.75) is 26.2 Å². The van der Waals surface area contributed by atoms with E-state index >= 15 is 0 Å². The van der Waals surface area contributed by atoms with Crippen LogP contribution < -0.4 is 15.6 Å². The first-order chi connectivity index (χ1) is 15.0. The Morgan fingerprint density at radius 1 is 1.00 bits per heavy atom. The van der Waals surface area contributed by atoms with Gasteiger partial charge in [0.15, 0.2) is 5.75 Å². The average Bonchev–Trinajstić information content (AvgIpc) is 2.78. The highest BCUT2D eigenvalue weighted by Crippen LogP contribution is 2.23. The predicted molar refractivity (Wildman–Crippen MR) is 122 cm³/mol. The molecule has 0 atom stereocenters. The number of carboxylic acid groups (broad SMARTS) is 1. The lowest BCUT2D eigenvalue weighted by atomic mass is 10.1. The second kappa shape index (κ2) is 10.5. The molecule has 0 heterocycles. The van der Waals surface area contributed by atoms with E-state index in [2.05, 4.69) is 17.7 Å². The normalized spacial score (nSPS) is 10.4. The van der Waals surface area contributed by atoms with Gasteiger partial charge in [-0.2, -0.15) is 0 Å². The minimum absolute atomic E-state index is 0.136. The smallest absolute Gasteiger partial charge is 0.335 e. The molecule has 3 aromatic carbocycles. The molecule has 0 saturated heterocycles. The van der Waals surface area contributed by atoms with Gasteiger partial charge < -0.3 is 15.3 Å². The number of carbonyl (C=O) groups is 2. The summed E-state index contributed by atoms with van der Waals surface area (Å²) in [6.45, 7) is 2.16. The number of rotatable bonds is 9. The monoisotopic (exact) mass is 438 g/mol. The molecule has 3 rings (SSSR count). The van der Waals surface area contributed by atoms with Crippen LogP contribution in [0.5, 0.6) is 5.75 Å². The van der Waals surface area contributed by atoms with Gasteiger partial charge in [-0.3, -0.25) is 4.79 Å². The lowest BCUT2D eigenvalue weighted by Gasteiger charge is -2.14. The molecule has 0 radical (unpaired) electrons. The number of halogens is 1. The van der Waals surface area contributed by atoms with Crippen LogP contribution in [0.3, 0.4) is 0 Å². The van der Waals surface area contributed by atoms with E-state index in [1.54, 1.807) is 12.1 Å². The summed E-state index contributed by atoms with van der Waals surface area (Å²) in [4.78, 5) is 29.4. The highest BCUT2D eigenvalue weighted by atomic mass is 35.5. The van der Waals surface area contributed by atoms with Crippen molar-refractivity contribution in [2.24, 2.45) is 0 Å². The summed E-state index contributed by atoms with van der Waals surface area (Å²) in [6, 6.07) is 18.5. The summed E-state index contributed by atoms with van der Waals surface area (Å²) in [5.41, 5.74) is 5.39. The number of carboxylic acids is 1. The molecule has 0 aliphatic rings. The Labute approximate surface area is 185 Å². The van der Waals surface area contributed by atoms with Crippen LogP contribution in [-0.4, -0.2) is 17.0 Å². The van der Waals surface area contributed by atoms with E-state index in [9.17, 15) is 9.59 Å². The molecular formula is C24H23ClN2O4. The number of amides is 1. The van der Waals surface area contributed by atoms with Crippen molar-refractivity contribution in [3.63, 3.8) is 0 Å². The summed E-state index contributed by atoms with van der Waals surface area (Å²) in [6.07, 6.45) is 3.31. The maximum atomic E-state index is 12.8. The van der Waals surface area contributed by atoms with Crippen LogP contribution in [0.15, 0.2) is 66.7 Å². The van der Waals surface area contributed by atoms with Crippen LogP contribution in [0.2, 0.25) is 5.02 Å². The molecule has 7 heteroatoms. The summed E-state index contributed by atoms with van der Waals surface area (Å²) in [5, 5.41) is 12.1. The fourth-order valence-corrected chi connectivity index (χ4v) is 3.08. The zero-order valence-corrected chi connectivity index (χ0v) is 17.8. The van der Waals surface area contributed by atoms with Gasteiger partial charge in [-0.15, -0.1) is 0 Å². The third kappa shape index (κ3) is 6.23. The van der Waals surface area contributed by atoms with E-state index in [4.69, 9.17) is 21.5 Å². The third-order valence-corrected chi connectivity index (χ3v) is 4.87. The second-order valence-electron chi connectivity index (χ2n) is 6.98. The maximum absolute atomic E-state index is 12.8. The fraction of sp³-hybridized carbons (Fsp3) is 0.167. The number of benzene rings is 3. The first kappa shape index (κ1) is 22.2. The van der Waals surface area contributed by atoms with E-state index in [0.717, 1.165) is 19.3 Å². The Hall–Kier alpha value is -3.51. The van der Waals surface area contributed by atoms with Crippen molar-refractivity contribution >= 4 is 34.9 Å². The van der Waals surface area contributed by atoms with Gasteiger partial charge in [0.05, 0.1) is 16.8 Å². The maximum Gasteiger partial charge on any atom is 0.335 e. The minimum atomic E-state index is -1.03. The van der Waals surface area contributed by atoms with Crippen LogP contribution in [0.25, 0.3) is 0 Å². The van der Waals surface area contributed by atoms with Gasteiger partial charge in [-0.1, -0.05) is 37.1 Å². The summed E-state index contributed by atoms with van der Waals surface area (Å²) in [7, 11) is 0. The van der Waals surface area contributed by atoms with Crippen LogP contribution >= 0.6 is 11.6 Å². The highest BCUT2D eigenvalue weighted by Gasteiger charge is 2.14.